The molecular weight excluding hydrogens is 202 g/mol. The highest BCUT2D eigenvalue weighted by Gasteiger charge is 2.15. The fourth-order valence-corrected chi connectivity index (χ4v) is 1.77. The zero-order chi connectivity index (χ0) is 11.7. The molecule has 0 fully saturated rings. The standard InChI is InChI=1S/C12H15N3O/c1-13-15(3)12(16)11-8-9-6-4-5-7-10(9)14(11)2/h4-8,13H,1-3H3. The second-order valence-electron chi connectivity index (χ2n) is 3.74. The molecule has 16 heavy (non-hydrogen) atoms. The van der Waals surface area contributed by atoms with E-state index in [4.69, 9.17) is 0 Å². The Balaban J connectivity index is 2.53. The van der Waals surface area contributed by atoms with Crippen molar-refractivity contribution in [3.8, 4) is 0 Å². The second-order valence-corrected chi connectivity index (χ2v) is 3.74. The summed E-state index contributed by atoms with van der Waals surface area (Å²) in [5.41, 5.74) is 4.55. The summed E-state index contributed by atoms with van der Waals surface area (Å²) in [6, 6.07) is 9.86. The first-order chi connectivity index (χ1) is 7.65. The lowest BCUT2D eigenvalue weighted by atomic mass is 10.2. The van der Waals surface area contributed by atoms with Crippen LogP contribution in [0.2, 0.25) is 0 Å². The molecule has 0 spiro atoms. The van der Waals surface area contributed by atoms with E-state index < -0.39 is 0 Å². The summed E-state index contributed by atoms with van der Waals surface area (Å²) in [6.45, 7) is 0. The maximum atomic E-state index is 12.0. The molecular formula is C12H15N3O. The zero-order valence-electron chi connectivity index (χ0n) is 9.69. The summed E-state index contributed by atoms with van der Waals surface area (Å²) in [5, 5.41) is 2.55. The van der Waals surface area contributed by atoms with Crippen LogP contribution in [0.1, 0.15) is 10.5 Å². The number of rotatable bonds is 2. The number of nitrogens with zero attached hydrogens (tertiary/aromatic N) is 2. The second kappa shape index (κ2) is 3.98. The third-order valence-electron chi connectivity index (χ3n) is 2.81. The lowest BCUT2D eigenvalue weighted by Crippen LogP contribution is -2.37. The molecule has 1 N–H and O–H groups in total. The minimum absolute atomic E-state index is 0.0406. The minimum Gasteiger partial charge on any atom is -0.340 e. The Bertz CT molecular complexity index is 530. The fraction of sp³-hybridized carbons (Fsp3) is 0.250. The molecule has 0 atom stereocenters. The van der Waals surface area contributed by atoms with Gasteiger partial charge in [-0.3, -0.25) is 9.80 Å². The maximum absolute atomic E-state index is 12.0. The largest absolute Gasteiger partial charge is 0.340 e. The molecule has 1 heterocycles. The van der Waals surface area contributed by atoms with Crippen molar-refractivity contribution in [2.75, 3.05) is 14.1 Å². The van der Waals surface area contributed by atoms with Crippen molar-refractivity contribution in [1.29, 1.82) is 0 Å². The highest BCUT2D eigenvalue weighted by atomic mass is 16.2. The van der Waals surface area contributed by atoms with E-state index >= 15 is 0 Å². The molecule has 0 bridgehead atoms. The third-order valence-corrected chi connectivity index (χ3v) is 2.81. The normalized spacial score (nSPS) is 10.7. The Morgan fingerprint density at radius 3 is 2.69 bits per heavy atom. The van der Waals surface area contributed by atoms with Crippen LogP contribution in [0, 0.1) is 0 Å². The molecule has 1 aromatic heterocycles. The number of fused-ring (bicyclic) bond motifs is 1. The van der Waals surface area contributed by atoms with Crippen LogP contribution in [-0.4, -0.2) is 29.6 Å². The van der Waals surface area contributed by atoms with E-state index in [1.54, 1.807) is 14.1 Å². The summed E-state index contributed by atoms with van der Waals surface area (Å²) in [6.07, 6.45) is 0. The van der Waals surface area contributed by atoms with Crippen LogP contribution in [0.15, 0.2) is 30.3 Å². The highest BCUT2D eigenvalue weighted by Crippen LogP contribution is 2.18. The molecule has 0 saturated heterocycles. The van der Waals surface area contributed by atoms with Gasteiger partial charge in [-0.15, -0.1) is 0 Å². The van der Waals surface area contributed by atoms with E-state index in [1.165, 1.54) is 5.01 Å². The number of benzene rings is 1. The fourth-order valence-electron chi connectivity index (χ4n) is 1.77. The van der Waals surface area contributed by atoms with Crippen molar-refractivity contribution < 1.29 is 4.79 Å². The Morgan fingerprint density at radius 2 is 2.06 bits per heavy atom. The molecule has 0 radical (unpaired) electrons. The van der Waals surface area contributed by atoms with Gasteiger partial charge in [-0.05, 0) is 12.1 Å². The Morgan fingerprint density at radius 1 is 1.38 bits per heavy atom. The lowest BCUT2D eigenvalue weighted by molar-refractivity contribution is 0.0726. The van der Waals surface area contributed by atoms with Crippen molar-refractivity contribution in [2.24, 2.45) is 7.05 Å². The molecule has 0 saturated carbocycles. The molecule has 4 nitrogen and oxygen atoms in total. The van der Waals surface area contributed by atoms with Gasteiger partial charge < -0.3 is 4.57 Å². The lowest BCUT2D eigenvalue weighted by Gasteiger charge is -2.15. The molecule has 1 aromatic carbocycles. The highest BCUT2D eigenvalue weighted by molar-refractivity contribution is 5.98. The Hall–Kier alpha value is -1.81. The van der Waals surface area contributed by atoms with E-state index in [0.29, 0.717) is 5.69 Å². The Labute approximate surface area is 94.4 Å². The van der Waals surface area contributed by atoms with Crippen LogP contribution in [0.25, 0.3) is 10.9 Å². The van der Waals surface area contributed by atoms with Crippen molar-refractivity contribution >= 4 is 16.8 Å². The van der Waals surface area contributed by atoms with Gasteiger partial charge in [-0.1, -0.05) is 18.2 Å². The van der Waals surface area contributed by atoms with Crippen molar-refractivity contribution in [1.82, 2.24) is 15.0 Å². The number of aromatic nitrogens is 1. The molecule has 0 aliphatic heterocycles. The Kier molecular flexibility index (Phi) is 2.66. The number of para-hydroxylation sites is 1. The van der Waals surface area contributed by atoms with Gasteiger partial charge in [0, 0.05) is 32.0 Å². The summed E-state index contributed by atoms with van der Waals surface area (Å²) < 4.78 is 1.91. The predicted molar refractivity (Wildman–Crippen MR) is 64.1 cm³/mol. The summed E-state index contributed by atoms with van der Waals surface area (Å²) in [5.74, 6) is -0.0406. The van der Waals surface area contributed by atoms with Crippen LogP contribution >= 0.6 is 0 Å². The molecule has 84 valence electrons. The first-order valence-corrected chi connectivity index (χ1v) is 5.15. The van der Waals surface area contributed by atoms with Crippen LogP contribution in [0.5, 0.6) is 0 Å². The minimum atomic E-state index is -0.0406. The SMILES string of the molecule is CNN(C)C(=O)c1cc2ccccc2n1C. The quantitative estimate of drug-likeness (QED) is 0.772. The van der Waals surface area contributed by atoms with Crippen LogP contribution in [-0.2, 0) is 7.05 Å². The summed E-state index contributed by atoms with van der Waals surface area (Å²) in [4.78, 5) is 12.0. The monoisotopic (exact) mass is 217 g/mol. The predicted octanol–water partition coefficient (Wildman–Crippen LogP) is 1.38. The topological polar surface area (TPSA) is 37.3 Å². The maximum Gasteiger partial charge on any atom is 0.284 e. The van der Waals surface area contributed by atoms with Gasteiger partial charge >= 0.3 is 0 Å². The number of carbonyl (C=O) groups is 1. The van der Waals surface area contributed by atoms with Gasteiger partial charge in [-0.25, -0.2) is 5.43 Å². The average Bonchev–Trinajstić information content (AvgIpc) is 2.65. The molecule has 0 aliphatic carbocycles. The molecule has 2 rings (SSSR count). The van der Waals surface area contributed by atoms with Crippen molar-refractivity contribution in [3.63, 3.8) is 0 Å². The number of nitrogens with one attached hydrogen (secondary N) is 1. The molecule has 1 amide bonds. The van der Waals surface area contributed by atoms with Gasteiger partial charge in [0.15, 0.2) is 0 Å². The molecule has 2 aromatic rings. The van der Waals surface area contributed by atoms with E-state index in [1.807, 2.05) is 41.9 Å². The van der Waals surface area contributed by atoms with E-state index in [9.17, 15) is 4.79 Å². The summed E-state index contributed by atoms with van der Waals surface area (Å²) >= 11 is 0. The van der Waals surface area contributed by atoms with Gasteiger partial charge in [-0.2, -0.15) is 0 Å². The molecule has 4 heteroatoms. The zero-order valence-corrected chi connectivity index (χ0v) is 9.69. The number of aryl methyl sites for hydroxylation is 1. The third kappa shape index (κ3) is 1.57. The van der Waals surface area contributed by atoms with Gasteiger partial charge in [0.25, 0.3) is 5.91 Å². The number of hydrogen-bond acceptors (Lipinski definition) is 2. The number of hydrogen-bond donors (Lipinski definition) is 1. The first kappa shape index (κ1) is 10.7. The van der Waals surface area contributed by atoms with E-state index in [2.05, 4.69) is 5.43 Å². The number of amides is 1. The van der Waals surface area contributed by atoms with Gasteiger partial charge in [0.1, 0.15) is 5.69 Å². The van der Waals surface area contributed by atoms with E-state index in [0.717, 1.165) is 10.9 Å². The van der Waals surface area contributed by atoms with Gasteiger partial charge in [0.2, 0.25) is 0 Å². The summed E-state index contributed by atoms with van der Waals surface area (Å²) in [7, 11) is 5.33. The van der Waals surface area contributed by atoms with Crippen LogP contribution in [0.3, 0.4) is 0 Å². The van der Waals surface area contributed by atoms with Crippen LogP contribution in [0.4, 0.5) is 0 Å². The van der Waals surface area contributed by atoms with Gasteiger partial charge in [0.05, 0.1) is 0 Å². The molecule has 0 aliphatic rings. The number of hydrazine groups is 1. The van der Waals surface area contributed by atoms with Crippen molar-refractivity contribution in [2.45, 2.75) is 0 Å². The van der Waals surface area contributed by atoms with Crippen LogP contribution < -0.4 is 5.43 Å². The number of carbonyl (C=O) groups excluding carboxylic acids is 1. The average molecular weight is 217 g/mol. The first-order valence-electron chi connectivity index (χ1n) is 5.15. The van der Waals surface area contributed by atoms with Crippen molar-refractivity contribution in [3.05, 3.63) is 36.0 Å². The smallest absolute Gasteiger partial charge is 0.284 e. The van der Waals surface area contributed by atoms with E-state index in [-0.39, 0.29) is 5.91 Å². The molecule has 0 unspecified atom stereocenters.